The summed E-state index contributed by atoms with van der Waals surface area (Å²) in [5, 5.41) is 27.7. The molecule has 18 heavy (non-hydrogen) atoms. The van der Waals surface area contributed by atoms with Gasteiger partial charge in [0.05, 0.1) is 0 Å². The lowest BCUT2D eigenvalue weighted by atomic mass is 10.1. The Bertz CT molecular complexity index is 522. The fraction of sp³-hybridized carbons (Fsp3) is 0.0667. The Labute approximate surface area is 106 Å². The van der Waals surface area contributed by atoms with E-state index in [9.17, 15) is 10.2 Å². The summed E-state index contributed by atoms with van der Waals surface area (Å²) in [7, 11) is 0. The van der Waals surface area contributed by atoms with Crippen LogP contribution in [-0.2, 0) is 0 Å². The Kier molecular flexibility index (Phi) is 4.38. The molecule has 0 aromatic heterocycles. The standard InChI is InChI=1S/C14H12O3.CH4/c15-12-5-3-10(4-6-12)1-2-11-7-13(16)9-14(17)8-11;/h1-9,15-17H;1H4/b2-1+;. The largest absolute Gasteiger partial charge is 0.508 e. The maximum absolute atomic E-state index is 9.30. The van der Waals surface area contributed by atoms with Crippen molar-refractivity contribution in [1.29, 1.82) is 0 Å². The average Bonchev–Trinajstić information content (AvgIpc) is 2.27. The van der Waals surface area contributed by atoms with Gasteiger partial charge in [-0.3, -0.25) is 0 Å². The van der Waals surface area contributed by atoms with Crippen molar-refractivity contribution in [3.8, 4) is 17.2 Å². The molecule has 0 aliphatic carbocycles. The SMILES string of the molecule is C.Oc1ccc(/C=C/c2cc(O)cc(O)c2)cc1. The normalized spacial score (nSPS) is 10.2. The number of aromatic hydroxyl groups is 3. The molecule has 0 fully saturated rings. The van der Waals surface area contributed by atoms with E-state index in [1.165, 1.54) is 6.07 Å². The summed E-state index contributed by atoms with van der Waals surface area (Å²) >= 11 is 0. The van der Waals surface area contributed by atoms with Gasteiger partial charge >= 0.3 is 0 Å². The smallest absolute Gasteiger partial charge is 0.119 e. The van der Waals surface area contributed by atoms with Crippen molar-refractivity contribution in [1.82, 2.24) is 0 Å². The fourth-order valence-electron chi connectivity index (χ4n) is 1.49. The van der Waals surface area contributed by atoms with Gasteiger partial charge in [0, 0.05) is 6.07 Å². The van der Waals surface area contributed by atoms with Gasteiger partial charge in [-0.1, -0.05) is 31.7 Å². The van der Waals surface area contributed by atoms with E-state index < -0.39 is 0 Å². The summed E-state index contributed by atoms with van der Waals surface area (Å²) in [5.74, 6) is 0.267. The molecule has 0 amide bonds. The van der Waals surface area contributed by atoms with E-state index in [4.69, 9.17) is 5.11 Å². The third kappa shape index (κ3) is 3.56. The average molecular weight is 244 g/mol. The highest BCUT2D eigenvalue weighted by atomic mass is 16.3. The lowest BCUT2D eigenvalue weighted by molar-refractivity contribution is 0.450. The van der Waals surface area contributed by atoms with Gasteiger partial charge in [0.15, 0.2) is 0 Å². The van der Waals surface area contributed by atoms with E-state index in [0.717, 1.165) is 5.56 Å². The molecule has 94 valence electrons. The molecule has 0 radical (unpaired) electrons. The maximum Gasteiger partial charge on any atom is 0.119 e. The highest BCUT2D eigenvalue weighted by Crippen LogP contribution is 2.22. The quantitative estimate of drug-likeness (QED) is 0.707. The first-order valence-corrected chi connectivity index (χ1v) is 5.13. The van der Waals surface area contributed by atoms with Crippen LogP contribution in [-0.4, -0.2) is 15.3 Å². The predicted octanol–water partition coefficient (Wildman–Crippen LogP) is 3.61. The first-order chi connectivity index (χ1) is 8.13. The van der Waals surface area contributed by atoms with Crippen LogP contribution in [0.25, 0.3) is 12.2 Å². The van der Waals surface area contributed by atoms with Gasteiger partial charge in [-0.25, -0.2) is 0 Å². The van der Waals surface area contributed by atoms with Crippen LogP contribution in [0.15, 0.2) is 42.5 Å². The zero-order valence-corrected chi connectivity index (χ0v) is 9.04. The number of hydrogen-bond acceptors (Lipinski definition) is 3. The van der Waals surface area contributed by atoms with Crippen LogP contribution in [0, 0.1) is 0 Å². The van der Waals surface area contributed by atoms with Crippen LogP contribution >= 0.6 is 0 Å². The second kappa shape index (κ2) is 5.77. The van der Waals surface area contributed by atoms with Crippen molar-refractivity contribution in [2.24, 2.45) is 0 Å². The zero-order chi connectivity index (χ0) is 12.3. The Hall–Kier alpha value is -2.42. The molecule has 0 atom stereocenters. The molecule has 0 saturated carbocycles. The Morgan fingerprint density at radius 1 is 0.611 bits per heavy atom. The molecule has 0 aliphatic rings. The molecule has 0 spiro atoms. The van der Waals surface area contributed by atoms with Crippen molar-refractivity contribution in [3.63, 3.8) is 0 Å². The summed E-state index contributed by atoms with van der Waals surface area (Å²) in [5.41, 5.74) is 1.63. The van der Waals surface area contributed by atoms with Gasteiger partial charge in [-0.05, 0) is 35.4 Å². The van der Waals surface area contributed by atoms with Gasteiger partial charge < -0.3 is 15.3 Å². The fourth-order valence-corrected chi connectivity index (χ4v) is 1.49. The number of benzene rings is 2. The monoisotopic (exact) mass is 244 g/mol. The van der Waals surface area contributed by atoms with Crippen molar-refractivity contribution < 1.29 is 15.3 Å². The van der Waals surface area contributed by atoms with Gasteiger partial charge in [-0.15, -0.1) is 0 Å². The van der Waals surface area contributed by atoms with Crippen molar-refractivity contribution in [2.75, 3.05) is 0 Å². The lowest BCUT2D eigenvalue weighted by Crippen LogP contribution is -1.74. The van der Waals surface area contributed by atoms with Gasteiger partial charge in [0.1, 0.15) is 17.2 Å². The molecule has 2 aromatic rings. The second-order valence-electron chi connectivity index (χ2n) is 3.71. The molecule has 0 saturated heterocycles. The molecular weight excluding hydrogens is 228 g/mol. The Morgan fingerprint density at radius 2 is 1.11 bits per heavy atom. The zero-order valence-electron chi connectivity index (χ0n) is 9.04. The lowest BCUT2D eigenvalue weighted by Gasteiger charge is -1.98. The summed E-state index contributed by atoms with van der Waals surface area (Å²) in [6.07, 6.45) is 3.60. The first kappa shape index (κ1) is 13.6. The topological polar surface area (TPSA) is 60.7 Å². The number of hydrogen-bond donors (Lipinski definition) is 3. The van der Waals surface area contributed by atoms with E-state index in [1.54, 1.807) is 42.5 Å². The summed E-state index contributed by atoms with van der Waals surface area (Å²) in [6.45, 7) is 0. The van der Waals surface area contributed by atoms with Crippen LogP contribution in [0.4, 0.5) is 0 Å². The minimum Gasteiger partial charge on any atom is -0.508 e. The summed E-state index contributed by atoms with van der Waals surface area (Å²) in [4.78, 5) is 0. The number of rotatable bonds is 2. The molecule has 3 heteroatoms. The van der Waals surface area contributed by atoms with E-state index in [-0.39, 0.29) is 24.7 Å². The highest BCUT2D eigenvalue weighted by molar-refractivity contribution is 5.71. The molecule has 3 N–H and O–H groups in total. The predicted molar refractivity (Wildman–Crippen MR) is 73.5 cm³/mol. The van der Waals surface area contributed by atoms with Crippen molar-refractivity contribution in [3.05, 3.63) is 53.6 Å². The Morgan fingerprint density at radius 3 is 1.67 bits per heavy atom. The van der Waals surface area contributed by atoms with Gasteiger partial charge in [0.2, 0.25) is 0 Å². The maximum atomic E-state index is 9.30. The van der Waals surface area contributed by atoms with E-state index in [1.807, 2.05) is 6.08 Å². The van der Waals surface area contributed by atoms with Crippen LogP contribution in [0.1, 0.15) is 18.6 Å². The molecule has 0 aliphatic heterocycles. The van der Waals surface area contributed by atoms with E-state index >= 15 is 0 Å². The second-order valence-corrected chi connectivity index (χ2v) is 3.71. The highest BCUT2D eigenvalue weighted by Gasteiger charge is 1.95. The Balaban J connectivity index is 0.00000162. The molecule has 2 aromatic carbocycles. The number of phenolic OH excluding ortho intramolecular Hbond substituents is 3. The minimum absolute atomic E-state index is 0. The van der Waals surface area contributed by atoms with E-state index in [2.05, 4.69) is 0 Å². The van der Waals surface area contributed by atoms with Gasteiger partial charge in [0.25, 0.3) is 0 Å². The molecule has 0 bridgehead atoms. The van der Waals surface area contributed by atoms with Crippen LogP contribution in [0.2, 0.25) is 0 Å². The van der Waals surface area contributed by atoms with Crippen molar-refractivity contribution >= 4 is 12.2 Å². The third-order valence-corrected chi connectivity index (χ3v) is 2.29. The summed E-state index contributed by atoms with van der Waals surface area (Å²) < 4.78 is 0. The molecule has 0 heterocycles. The number of phenols is 3. The third-order valence-electron chi connectivity index (χ3n) is 2.29. The van der Waals surface area contributed by atoms with Gasteiger partial charge in [-0.2, -0.15) is 0 Å². The summed E-state index contributed by atoms with van der Waals surface area (Å²) in [6, 6.07) is 11.1. The van der Waals surface area contributed by atoms with Crippen LogP contribution in [0.5, 0.6) is 17.2 Å². The van der Waals surface area contributed by atoms with Crippen LogP contribution in [0.3, 0.4) is 0 Å². The first-order valence-electron chi connectivity index (χ1n) is 5.13. The molecular formula is C15H16O3. The molecule has 2 rings (SSSR count). The molecule has 3 nitrogen and oxygen atoms in total. The van der Waals surface area contributed by atoms with Crippen LogP contribution < -0.4 is 0 Å². The molecule has 0 unspecified atom stereocenters. The van der Waals surface area contributed by atoms with Crippen molar-refractivity contribution in [2.45, 2.75) is 7.43 Å². The van der Waals surface area contributed by atoms with E-state index in [0.29, 0.717) is 5.56 Å². The minimum atomic E-state index is 0.